The third-order valence-electron chi connectivity index (χ3n) is 4.24. The number of hydrogen-bond donors (Lipinski definition) is 2. The van der Waals surface area contributed by atoms with Crippen molar-refractivity contribution in [1.82, 2.24) is 15.8 Å². The van der Waals surface area contributed by atoms with Gasteiger partial charge in [0.25, 0.3) is 5.91 Å². The van der Waals surface area contributed by atoms with Crippen LogP contribution in [0.15, 0.2) is 24.3 Å². The zero-order chi connectivity index (χ0) is 22.1. The molecule has 0 spiro atoms. The zero-order valence-electron chi connectivity index (χ0n) is 16.2. The highest BCUT2D eigenvalue weighted by Gasteiger charge is 2.33. The number of benzene rings is 1. The lowest BCUT2D eigenvalue weighted by Crippen LogP contribution is -2.49. The number of nitrogens with one attached hydrogen (secondary N) is 2. The van der Waals surface area contributed by atoms with E-state index in [2.05, 4.69) is 15.6 Å². The molecule has 1 aromatic rings. The number of ether oxygens (including phenoxy) is 3. The van der Waals surface area contributed by atoms with Crippen LogP contribution in [0.5, 0.6) is 11.5 Å². The van der Waals surface area contributed by atoms with Crippen molar-refractivity contribution in [1.29, 1.82) is 0 Å². The Labute approximate surface area is 170 Å². The smallest absolute Gasteiger partial charge is 0.422 e. The minimum Gasteiger partial charge on any atom is -0.493 e. The van der Waals surface area contributed by atoms with Crippen molar-refractivity contribution in [2.45, 2.75) is 19.0 Å². The molecule has 30 heavy (non-hydrogen) atoms. The maximum Gasteiger partial charge on any atom is 0.422 e. The maximum absolute atomic E-state index is 12.1. The predicted octanol–water partition coefficient (Wildman–Crippen LogP) is 1.63. The molecule has 2 rings (SSSR count). The number of hydrogen-bond acceptors (Lipinski definition) is 6. The van der Waals surface area contributed by atoms with Gasteiger partial charge in [-0.3, -0.25) is 20.4 Å². The Balaban J connectivity index is 1.68. The number of carbonyl (C=O) groups is 3. The zero-order valence-corrected chi connectivity index (χ0v) is 16.2. The third kappa shape index (κ3) is 7.33. The molecule has 1 aromatic carbocycles. The molecule has 0 aliphatic carbocycles. The Bertz CT molecular complexity index is 751. The molecule has 1 heterocycles. The molecule has 1 saturated heterocycles. The fourth-order valence-corrected chi connectivity index (χ4v) is 2.71. The second kappa shape index (κ2) is 10.6. The van der Waals surface area contributed by atoms with Gasteiger partial charge in [0.05, 0.1) is 7.11 Å². The van der Waals surface area contributed by atoms with E-state index in [1.54, 1.807) is 24.3 Å². The number of likely N-dealkylation sites (tertiary alicyclic amines) is 1. The van der Waals surface area contributed by atoms with Crippen molar-refractivity contribution < 1.29 is 41.8 Å². The topological polar surface area (TPSA) is 106 Å². The average Bonchev–Trinajstić information content (AvgIpc) is 2.74. The van der Waals surface area contributed by atoms with E-state index in [0.717, 1.165) is 4.90 Å². The molecule has 0 aromatic heterocycles. The number of hydrazine groups is 1. The number of halogens is 3. The molecule has 1 aliphatic rings. The van der Waals surface area contributed by atoms with E-state index in [4.69, 9.17) is 9.47 Å². The van der Waals surface area contributed by atoms with Crippen molar-refractivity contribution in [3.05, 3.63) is 24.3 Å². The monoisotopic (exact) mass is 433 g/mol. The van der Waals surface area contributed by atoms with Crippen LogP contribution in [-0.2, 0) is 14.3 Å². The number of para-hydroxylation sites is 2. The van der Waals surface area contributed by atoms with Gasteiger partial charge in [0.1, 0.15) is 0 Å². The van der Waals surface area contributed by atoms with Crippen LogP contribution < -0.4 is 20.3 Å². The summed E-state index contributed by atoms with van der Waals surface area (Å²) in [6.45, 7) is -1.88. The minimum absolute atomic E-state index is 0.0691. The van der Waals surface area contributed by atoms with Gasteiger partial charge in [0.2, 0.25) is 5.91 Å². The van der Waals surface area contributed by atoms with E-state index in [1.807, 2.05) is 0 Å². The number of amides is 3. The highest BCUT2D eigenvalue weighted by atomic mass is 19.4. The van der Waals surface area contributed by atoms with Gasteiger partial charge in [-0.15, -0.1) is 0 Å². The van der Waals surface area contributed by atoms with Crippen molar-refractivity contribution >= 4 is 17.9 Å². The molecule has 1 aliphatic heterocycles. The maximum atomic E-state index is 12.1. The lowest BCUT2D eigenvalue weighted by molar-refractivity contribution is -0.162. The van der Waals surface area contributed by atoms with Crippen LogP contribution in [0.3, 0.4) is 0 Å². The number of carbonyl (C=O) groups excluding carboxylic acids is 3. The average molecular weight is 433 g/mol. The van der Waals surface area contributed by atoms with Gasteiger partial charge < -0.3 is 19.1 Å². The van der Waals surface area contributed by atoms with Gasteiger partial charge in [-0.05, 0) is 25.0 Å². The van der Waals surface area contributed by atoms with Crippen LogP contribution in [0.4, 0.5) is 18.0 Å². The van der Waals surface area contributed by atoms with Crippen LogP contribution in [0.2, 0.25) is 0 Å². The third-order valence-corrected chi connectivity index (χ3v) is 4.24. The lowest BCUT2D eigenvalue weighted by Gasteiger charge is -2.30. The van der Waals surface area contributed by atoms with Gasteiger partial charge in [0.15, 0.2) is 24.7 Å². The van der Waals surface area contributed by atoms with Crippen molar-refractivity contribution in [2.75, 3.05) is 33.4 Å². The van der Waals surface area contributed by atoms with Crippen LogP contribution in [0.25, 0.3) is 0 Å². The SMILES string of the molecule is COc1ccccc1OCC(=O)NNC(=O)C1CCN(C(=O)OCC(F)(F)F)CC1. The molecule has 0 radical (unpaired) electrons. The quantitative estimate of drug-likeness (QED) is 0.661. The first-order valence-corrected chi connectivity index (χ1v) is 9.02. The number of alkyl halides is 3. The van der Waals surface area contributed by atoms with E-state index in [0.29, 0.717) is 11.5 Å². The van der Waals surface area contributed by atoms with Gasteiger partial charge in [-0.1, -0.05) is 12.1 Å². The molecule has 0 unspecified atom stereocenters. The predicted molar refractivity (Wildman–Crippen MR) is 96.5 cm³/mol. The summed E-state index contributed by atoms with van der Waals surface area (Å²) in [4.78, 5) is 36.7. The van der Waals surface area contributed by atoms with Gasteiger partial charge in [-0.25, -0.2) is 4.79 Å². The van der Waals surface area contributed by atoms with Crippen LogP contribution in [0, 0.1) is 5.92 Å². The van der Waals surface area contributed by atoms with Gasteiger partial charge in [0, 0.05) is 19.0 Å². The molecule has 12 heteroatoms. The number of piperidine rings is 1. The first-order chi connectivity index (χ1) is 14.2. The van der Waals surface area contributed by atoms with Crippen LogP contribution in [-0.4, -0.2) is 62.4 Å². The highest BCUT2D eigenvalue weighted by Crippen LogP contribution is 2.25. The molecular formula is C18H22F3N3O6. The number of methoxy groups -OCH3 is 1. The molecule has 9 nitrogen and oxygen atoms in total. The molecular weight excluding hydrogens is 411 g/mol. The largest absolute Gasteiger partial charge is 0.493 e. The summed E-state index contributed by atoms with van der Waals surface area (Å²) in [5.41, 5.74) is 4.50. The van der Waals surface area contributed by atoms with Gasteiger partial charge >= 0.3 is 12.3 Å². The molecule has 0 bridgehead atoms. The normalized spacial score (nSPS) is 14.6. The fourth-order valence-electron chi connectivity index (χ4n) is 2.71. The minimum atomic E-state index is -4.60. The summed E-state index contributed by atoms with van der Waals surface area (Å²) in [6, 6.07) is 6.74. The molecule has 2 N–H and O–H groups in total. The Morgan fingerprint density at radius 1 is 1.10 bits per heavy atom. The van der Waals surface area contributed by atoms with Crippen LogP contribution in [0.1, 0.15) is 12.8 Å². The van der Waals surface area contributed by atoms with Crippen molar-refractivity contribution in [3.63, 3.8) is 0 Å². The second-order valence-corrected chi connectivity index (χ2v) is 6.41. The Kier molecular flexibility index (Phi) is 8.13. The summed E-state index contributed by atoms with van der Waals surface area (Å²) in [7, 11) is 1.46. The Morgan fingerprint density at radius 2 is 1.73 bits per heavy atom. The second-order valence-electron chi connectivity index (χ2n) is 6.41. The summed E-state index contributed by atoms with van der Waals surface area (Å²) in [5.74, 6) is -0.750. The molecule has 3 amide bonds. The van der Waals surface area contributed by atoms with Gasteiger partial charge in [-0.2, -0.15) is 13.2 Å². The molecule has 166 valence electrons. The molecule has 0 saturated carbocycles. The highest BCUT2D eigenvalue weighted by molar-refractivity contribution is 5.84. The van der Waals surface area contributed by atoms with E-state index in [1.165, 1.54) is 7.11 Å². The first-order valence-electron chi connectivity index (χ1n) is 9.02. The van der Waals surface area contributed by atoms with E-state index < -0.39 is 36.6 Å². The fraction of sp³-hybridized carbons (Fsp3) is 0.500. The Hall–Kier alpha value is -3.18. The summed E-state index contributed by atoms with van der Waals surface area (Å²) >= 11 is 0. The summed E-state index contributed by atoms with van der Waals surface area (Å²) < 4.78 is 50.9. The molecule has 1 fully saturated rings. The van der Waals surface area contributed by atoms with Crippen molar-refractivity contribution in [2.24, 2.45) is 5.92 Å². The summed E-state index contributed by atoms with van der Waals surface area (Å²) in [6.07, 6.45) is -5.23. The van der Waals surface area contributed by atoms with Crippen LogP contribution >= 0.6 is 0 Å². The number of nitrogens with zero attached hydrogens (tertiary/aromatic N) is 1. The lowest BCUT2D eigenvalue weighted by atomic mass is 9.96. The van der Waals surface area contributed by atoms with E-state index in [-0.39, 0.29) is 32.5 Å². The standard InChI is InChI=1S/C18H22F3N3O6/c1-28-13-4-2-3-5-14(13)29-10-15(25)22-23-16(26)12-6-8-24(9-7-12)17(27)30-11-18(19,20)21/h2-5,12H,6-11H2,1H3,(H,22,25)(H,23,26). The Morgan fingerprint density at radius 3 is 2.33 bits per heavy atom. The first kappa shape index (κ1) is 23.1. The van der Waals surface area contributed by atoms with E-state index >= 15 is 0 Å². The summed E-state index contributed by atoms with van der Waals surface area (Å²) in [5, 5.41) is 0. The molecule has 0 atom stereocenters. The number of rotatable bonds is 6. The van der Waals surface area contributed by atoms with Crippen molar-refractivity contribution in [3.8, 4) is 11.5 Å². The van der Waals surface area contributed by atoms with E-state index in [9.17, 15) is 27.6 Å².